The molecule has 10 nitrogen and oxygen atoms in total. The number of hydrogen-bond donors (Lipinski definition) is 0. The highest BCUT2D eigenvalue weighted by Crippen LogP contribution is 2.28. The van der Waals surface area contributed by atoms with E-state index in [0.717, 1.165) is 17.2 Å². The van der Waals surface area contributed by atoms with Gasteiger partial charge in [-0.25, -0.2) is 8.42 Å². The van der Waals surface area contributed by atoms with Gasteiger partial charge < -0.3 is 4.52 Å². The van der Waals surface area contributed by atoms with Gasteiger partial charge >= 0.3 is 0 Å². The molecular formula is C22H25N5O5S. The maximum atomic E-state index is 13.2. The fourth-order valence-electron chi connectivity index (χ4n) is 3.78. The van der Waals surface area contributed by atoms with E-state index in [1.165, 1.54) is 10.4 Å². The molecule has 1 fully saturated rings. The van der Waals surface area contributed by atoms with Gasteiger partial charge in [-0.2, -0.15) is 9.29 Å². The lowest BCUT2D eigenvalue weighted by molar-refractivity contribution is -0.385. The number of benzene rings is 2. The monoisotopic (exact) mass is 471 g/mol. The van der Waals surface area contributed by atoms with E-state index in [-0.39, 0.29) is 23.7 Å². The topological polar surface area (TPSA) is 123 Å². The summed E-state index contributed by atoms with van der Waals surface area (Å²) in [7, 11) is -3.85. The molecule has 1 aliphatic rings. The summed E-state index contributed by atoms with van der Waals surface area (Å²) >= 11 is 0. The van der Waals surface area contributed by atoms with Gasteiger partial charge in [0, 0.05) is 43.9 Å². The van der Waals surface area contributed by atoms with Crippen molar-refractivity contribution in [2.45, 2.75) is 32.2 Å². The molecule has 0 amide bonds. The maximum Gasteiger partial charge on any atom is 0.271 e. The first-order chi connectivity index (χ1) is 15.6. The van der Waals surface area contributed by atoms with Gasteiger partial charge in [0.2, 0.25) is 21.7 Å². The van der Waals surface area contributed by atoms with Gasteiger partial charge in [0.05, 0.1) is 16.4 Å². The molecule has 2 aromatic carbocycles. The average molecular weight is 472 g/mol. The molecule has 0 unspecified atom stereocenters. The Morgan fingerprint density at radius 1 is 1.06 bits per heavy atom. The van der Waals surface area contributed by atoms with E-state index in [9.17, 15) is 18.5 Å². The van der Waals surface area contributed by atoms with Gasteiger partial charge in [-0.3, -0.25) is 15.0 Å². The number of rotatable bonds is 6. The summed E-state index contributed by atoms with van der Waals surface area (Å²) in [5, 5.41) is 15.3. The van der Waals surface area contributed by atoms with E-state index in [2.05, 4.69) is 10.1 Å². The Morgan fingerprint density at radius 3 is 2.36 bits per heavy atom. The number of nitrogens with zero attached hydrogens (tertiary/aromatic N) is 5. The van der Waals surface area contributed by atoms with Crippen LogP contribution in [-0.2, 0) is 16.6 Å². The van der Waals surface area contributed by atoms with Crippen LogP contribution in [0.25, 0.3) is 11.4 Å². The Hall–Kier alpha value is -3.15. The summed E-state index contributed by atoms with van der Waals surface area (Å²) in [6, 6.07) is 10.4. The first-order valence-electron chi connectivity index (χ1n) is 10.5. The van der Waals surface area contributed by atoms with Crippen molar-refractivity contribution in [1.82, 2.24) is 19.3 Å². The van der Waals surface area contributed by atoms with Gasteiger partial charge in [0.1, 0.15) is 0 Å². The quantitative estimate of drug-likeness (QED) is 0.397. The van der Waals surface area contributed by atoms with Crippen molar-refractivity contribution in [3.05, 3.63) is 69.1 Å². The van der Waals surface area contributed by atoms with Crippen LogP contribution in [0.4, 0.5) is 5.69 Å². The van der Waals surface area contributed by atoms with Crippen LogP contribution in [0.15, 0.2) is 45.8 Å². The summed E-state index contributed by atoms with van der Waals surface area (Å²) in [6.07, 6.45) is 0. The first-order valence-corrected chi connectivity index (χ1v) is 12.0. The van der Waals surface area contributed by atoms with Crippen LogP contribution in [0.3, 0.4) is 0 Å². The second-order valence-corrected chi connectivity index (χ2v) is 10.1. The number of non-ortho nitro benzene ring substituents is 1. The lowest BCUT2D eigenvalue weighted by Gasteiger charge is -2.33. The Balaban J connectivity index is 1.43. The summed E-state index contributed by atoms with van der Waals surface area (Å²) in [5.74, 6) is 0.981. The Labute approximate surface area is 192 Å². The highest BCUT2D eigenvalue weighted by atomic mass is 32.2. The summed E-state index contributed by atoms with van der Waals surface area (Å²) < 4.78 is 33.2. The maximum absolute atomic E-state index is 13.2. The van der Waals surface area contributed by atoms with E-state index in [1.807, 2.05) is 36.1 Å². The minimum absolute atomic E-state index is 0.0118. The zero-order valence-corrected chi connectivity index (χ0v) is 19.5. The van der Waals surface area contributed by atoms with Crippen molar-refractivity contribution in [3.63, 3.8) is 0 Å². The van der Waals surface area contributed by atoms with Crippen LogP contribution in [0.1, 0.15) is 22.6 Å². The van der Waals surface area contributed by atoms with Crippen LogP contribution >= 0.6 is 0 Å². The fourth-order valence-corrected chi connectivity index (χ4v) is 5.52. The molecule has 0 bridgehead atoms. The molecule has 0 N–H and O–H groups in total. The van der Waals surface area contributed by atoms with Crippen LogP contribution in [-0.4, -0.2) is 58.9 Å². The second-order valence-electron chi connectivity index (χ2n) is 8.20. The molecule has 11 heteroatoms. The average Bonchev–Trinajstić information content (AvgIpc) is 3.24. The molecule has 0 radical (unpaired) electrons. The van der Waals surface area contributed by atoms with Crippen molar-refractivity contribution in [3.8, 4) is 11.4 Å². The van der Waals surface area contributed by atoms with Crippen LogP contribution in [0, 0.1) is 30.9 Å². The number of hydrogen-bond acceptors (Lipinski definition) is 8. The number of sulfonamides is 1. The third-order valence-corrected chi connectivity index (χ3v) is 7.93. The Bertz CT molecular complexity index is 1280. The molecule has 0 spiro atoms. The Morgan fingerprint density at radius 2 is 1.73 bits per heavy atom. The summed E-state index contributed by atoms with van der Waals surface area (Å²) in [4.78, 5) is 17.1. The highest BCUT2D eigenvalue weighted by molar-refractivity contribution is 7.89. The second kappa shape index (κ2) is 9.00. The molecule has 0 aliphatic carbocycles. The SMILES string of the molecule is Cc1ccc(-c2noc(CN3CCN(S(=O)(=O)c4cc([N+](=O)[O-])cc(C)c4C)CC3)n2)cc1. The molecule has 174 valence electrons. The van der Waals surface area contributed by atoms with Crippen LogP contribution < -0.4 is 0 Å². The highest BCUT2D eigenvalue weighted by Gasteiger charge is 2.32. The van der Waals surface area contributed by atoms with Gasteiger partial charge in [-0.1, -0.05) is 35.0 Å². The number of piperazine rings is 1. The van der Waals surface area contributed by atoms with E-state index in [0.29, 0.717) is 42.5 Å². The van der Waals surface area contributed by atoms with Crippen molar-refractivity contribution in [1.29, 1.82) is 0 Å². The zero-order chi connectivity index (χ0) is 23.8. The molecule has 0 saturated carbocycles. The Kier molecular flexibility index (Phi) is 6.28. The summed E-state index contributed by atoms with van der Waals surface area (Å²) in [6.45, 7) is 7.26. The van der Waals surface area contributed by atoms with Gasteiger partial charge in [-0.05, 0) is 31.9 Å². The molecule has 3 aromatic rings. The molecule has 33 heavy (non-hydrogen) atoms. The number of aryl methyl sites for hydroxylation is 2. The molecule has 1 aromatic heterocycles. The third-order valence-electron chi connectivity index (χ3n) is 5.90. The van der Waals surface area contributed by atoms with E-state index in [4.69, 9.17) is 4.52 Å². The lowest BCUT2D eigenvalue weighted by atomic mass is 10.1. The molecule has 0 atom stereocenters. The number of aromatic nitrogens is 2. The van der Waals surface area contributed by atoms with E-state index >= 15 is 0 Å². The zero-order valence-electron chi connectivity index (χ0n) is 18.7. The smallest absolute Gasteiger partial charge is 0.271 e. The van der Waals surface area contributed by atoms with Crippen molar-refractivity contribution < 1.29 is 17.9 Å². The van der Waals surface area contributed by atoms with Crippen molar-refractivity contribution in [2.75, 3.05) is 26.2 Å². The minimum Gasteiger partial charge on any atom is -0.338 e. The molecule has 4 rings (SSSR count). The van der Waals surface area contributed by atoms with Crippen molar-refractivity contribution >= 4 is 15.7 Å². The van der Waals surface area contributed by atoms with E-state index < -0.39 is 14.9 Å². The molecule has 1 saturated heterocycles. The standard InChI is InChI=1S/C22H25N5O5S/c1-15-4-6-18(7-5-15)22-23-21(32-24-22)14-25-8-10-26(11-9-25)33(30,31)20-13-19(27(28)29)12-16(2)17(20)3/h4-7,12-13H,8-11,14H2,1-3H3. The number of nitro groups is 1. The molecule has 2 heterocycles. The lowest BCUT2D eigenvalue weighted by Crippen LogP contribution is -2.48. The predicted octanol–water partition coefficient (Wildman–Crippen LogP) is 3.08. The normalized spacial score (nSPS) is 15.6. The van der Waals surface area contributed by atoms with E-state index in [1.54, 1.807) is 13.8 Å². The van der Waals surface area contributed by atoms with Gasteiger partial charge in [0.25, 0.3) is 5.69 Å². The predicted molar refractivity (Wildman–Crippen MR) is 121 cm³/mol. The molecular weight excluding hydrogens is 446 g/mol. The largest absolute Gasteiger partial charge is 0.338 e. The van der Waals surface area contributed by atoms with Crippen LogP contribution in [0.5, 0.6) is 0 Å². The first kappa shape index (κ1) is 23.0. The number of nitro benzene ring substituents is 1. The van der Waals surface area contributed by atoms with Crippen molar-refractivity contribution in [2.24, 2.45) is 0 Å². The molecule has 1 aliphatic heterocycles. The fraction of sp³-hybridized carbons (Fsp3) is 0.364. The third kappa shape index (κ3) is 4.80. The summed E-state index contributed by atoms with van der Waals surface area (Å²) in [5.41, 5.74) is 2.88. The minimum atomic E-state index is -3.85. The van der Waals surface area contributed by atoms with Crippen LogP contribution in [0.2, 0.25) is 0 Å². The van der Waals surface area contributed by atoms with Gasteiger partial charge in [-0.15, -0.1) is 0 Å². The van der Waals surface area contributed by atoms with Gasteiger partial charge in [0.15, 0.2) is 0 Å².